The van der Waals surface area contributed by atoms with Crippen molar-refractivity contribution in [1.82, 2.24) is 0 Å². The van der Waals surface area contributed by atoms with Gasteiger partial charge in [-0.15, -0.1) is 0 Å². The summed E-state index contributed by atoms with van der Waals surface area (Å²) in [6.45, 7) is 0. The first-order chi connectivity index (χ1) is 11.0. The van der Waals surface area contributed by atoms with E-state index in [0.29, 0.717) is 0 Å². The van der Waals surface area contributed by atoms with Crippen LogP contribution in [0.5, 0.6) is 5.75 Å². The van der Waals surface area contributed by atoms with Crippen LogP contribution in [0.1, 0.15) is 20.7 Å². The summed E-state index contributed by atoms with van der Waals surface area (Å²) in [4.78, 5) is 36.2. The molecule has 2 aromatic rings. The molecule has 6 nitrogen and oxygen atoms in total. The Morgan fingerprint density at radius 3 is 2.17 bits per heavy atom. The minimum absolute atomic E-state index is 0.135. The summed E-state index contributed by atoms with van der Waals surface area (Å²) >= 11 is 0. The van der Waals surface area contributed by atoms with Gasteiger partial charge in [-0.1, -0.05) is 30.3 Å². The molecule has 0 aromatic heterocycles. The Labute approximate surface area is 132 Å². The van der Waals surface area contributed by atoms with E-state index in [9.17, 15) is 19.5 Å². The third kappa shape index (κ3) is 3.74. The molecule has 0 bridgehead atoms. The minimum Gasteiger partial charge on any atom is -0.507 e. The Balaban J connectivity index is 2.28. The van der Waals surface area contributed by atoms with E-state index in [0.717, 1.165) is 7.11 Å². The van der Waals surface area contributed by atoms with Gasteiger partial charge < -0.3 is 14.6 Å². The molecule has 0 aliphatic heterocycles. The fraction of sp³-hybridized carbons (Fsp3) is 0.118. The van der Waals surface area contributed by atoms with Gasteiger partial charge in [-0.05, 0) is 24.3 Å². The molecule has 0 radical (unpaired) electrons. The molecule has 2 rings (SSSR count). The SMILES string of the molecule is COC(=O)C(OC(=O)c1ccccc1)C(=O)c1ccccc1O. The number of phenols is 1. The molecular formula is C17H14O6. The molecule has 6 heteroatoms. The van der Waals surface area contributed by atoms with Crippen molar-refractivity contribution < 1.29 is 29.0 Å². The Morgan fingerprint density at radius 2 is 1.57 bits per heavy atom. The van der Waals surface area contributed by atoms with Gasteiger partial charge >= 0.3 is 11.9 Å². The molecule has 118 valence electrons. The molecule has 0 saturated heterocycles. The van der Waals surface area contributed by atoms with Crippen LogP contribution >= 0.6 is 0 Å². The van der Waals surface area contributed by atoms with Crippen LogP contribution < -0.4 is 0 Å². The second-order valence-corrected chi connectivity index (χ2v) is 4.56. The maximum Gasteiger partial charge on any atom is 0.355 e. The highest BCUT2D eigenvalue weighted by atomic mass is 16.6. The summed E-state index contributed by atoms with van der Waals surface area (Å²) in [5.74, 6) is -3.05. The van der Waals surface area contributed by atoms with Crippen LogP contribution in [0.15, 0.2) is 54.6 Å². The van der Waals surface area contributed by atoms with E-state index in [1.165, 1.54) is 36.4 Å². The zero-order valence-electron chi connectivity index (χ0n) is 12.3. The van der Waals surface area contributed by atoms with Gasteiger partial charge in [-0.25, -0.2) is 9.59 Å². The number of para-hydroxylation sites is 1. The quantitative estimate of drug-likeness (QED) is 0.515. The zero-order chi connectivity index (χ0) is 16.8. The minimum atomic E-state index is -1.79. The number of ketones is 1. The van der Waals surface area contributed by atoms with E-state index >= 15 is 0 Å². The predicted octanol–water partition coefficient (Wildman–Crippen LogP) is 1.97. The van der Waals surface area contributed by atoms with Crippen LogP contribution in [0.25, 0.3) is 0 Å². The summed E-state index contributed by atoms with van der Waals surface area (Å²) < 4.78 is 9.50. The molecule has 0 spiro atoms. The van der Waals surface area contributed by atoms with Crippen molar-refractivity contribution in [2.24, 2.45) is 0 Å². The monoisotopic (exact) mass is 314 g/mol. The highest BCUT2D eigenvalue weighted by Crippen LogP contribution is 2.19. The van der Waals surface area contributed by atoms with Gasteiger partial charge in [0.25, 0.3) is 6.10 Å². The summed E-state index contributed by atoms with van der Waals surface area (Å²) in [5, 5.41) is 9.72. The molecule has 0 aliphatic carbocycles. The van der Waals surface area contributed by atoms with E-state index in [1.807, 2.05) is 0 Å². The second kappa shape index (κ2) is 7.22. The van der Waals surface area contributed by atoms with Crippen LogP contribution in [0.2, 0.25) is 0 Å². The van der Waals surface area contributed by atoms with E-state index < -0.39 is 23.8 Å². The number of aromatic hydroxyl groups is 1. The fourth-order valence-corrected chi connectivity index (χ4v) is 1.89. The molecule has 23 heavy (non-hydrogen) atoms. The number of phenolic OH excluding ortho intramolecular Hbond substituents is 1. The average Bonchev–Trinajstić information content (AvgIpc) is 2.59. The number of ether oxygens (including phenoxy) is 2. The number of carbonyl (C=O) groups is 3. The van der Waals surface area contributed by atoms with Crippen molar-refractivity contribution in [1.29, 1.82) is 0 Å². The van der Waals surface area contributed by atoms with Crippen LogP contribution in [-0.2, 0) is 14.3 Å². The maximum atomic E-state index is 12.4. The number of hydrogen-bond acceptors (Lipinski definition) is 6. The molecule has 1 N–H and O–H groups in total. The fourth-order valence-electron chi connectivity index (χ4n) is 1.89. The van der Waals surface area contributed by atoms with Gasteiger partial charge in [-0.3, -0.25) is 4.79 Å². The van der Waals surface area contributed by atoms with Crippen LogP contribution in [-0.4, -0.2) is 36.0 Å². The molecule has 0 fully saturated rings. The number of hydrogen-bond donors (Lipinski definition) is 1. The van der Waals surface area contributed by atoms with Gasteiger partial charge in [0.2, 0.25) is 5.78 Å². The van der Waals surface area contributed by atoms with Gasteiger partial charge in [0, 0.05) is 0 Å². The number of benzene rings is 2. The first-order valence-corrected chi connectivity index (χ1v) is 6.70. The third-order valence-corrected chi connectivity index (χ3v) is 3.06. The highest BCUT2D eigenvalue weighted by molar-refractivity contribution is 6.13. The van der Waals surface area contributed by atoms with E-state index in [4.69, 9.17) is 4.74 Å². The van der Waals surface area contributed by atoms with Crippen molar-refractivity contribution in [3.63, 3.8) is 0 Å². The lowest BCUT2D eigenvalue weighted by Crippen LogP contribution is -2.36. The summed E-state index contributed by atoms with van der Waals surface area (Å²) in [6.07, 6.45) is -1.79. The average molecular weight is 314 g/mol. The number of esters is 2. The molecule has 0 aliphatic rings. The Morgan fingerprint density at radius 1 is 0.957 bits per heavy atom. The first kappa shape index (κ1) is 16.2. The Kier molecular flexibility index (Phi) is 5.09. The second-order valence-electron chi connectivity index (χ2n) is 4.56. The lowest BCUT2D eigenvalue weighted by atomic mass is 10.0. The van der Waals surface area contributed by atoms with Crippen molar-refractivity contribution in [2.75, 3.05) is 7.11 Å². The first-order valence-electron chi connectivity index (χ1n) is 6.70. The van der Waals surface area contributed by atoms with E-state index in [1.54, 1.807) is 18.2 Å². The van der Waals surface area contributed by atoms with E-state index in [2.05, 4.69) is 4.74 Å². The number of Topliss-reactive ketones (excluding diaryl/α,β-unsaturated/α-hetero) is 1. The van der Waals surface area contributed by atoms with Crippen molar-refractivity contribution in [3.05, 3.63) is 65.7 Å². The van der Waals surface area contributed by atoms with Crippen LogP contribution in [0.4, 0.5) is 0 Å². The zero-order valence-corrected chi connectivity index (χ0v) is 12.3. The lowest BCUT2D eigenvalue weighted by Gasteiger charge is -2.15. The van der Waals surface area contributed by atoms with Crippen molar-refractivity contribution in [3.8, 4) is 5.75 Å². The predicted molar refractivity (Wildman–Crippen MR) is 80.1 cm³/mol. The Bertz CT molecular complexity index is 723. The molecule has 1 atom stereocenters. The molecule has 0 saturated carbocycles. The normalized spacial score (nSPS) is 11.3. The lowest BCUT2D eigenvalue weighted by molar-refractivity contribution is -0.148. The number of carbonyl (C=O) groups excluding carboxylic acids is 3. The molecule has 0 heterocycles. The topological polar surface area (TPSA) is 89.9 Å². The smallest absolute Gasteiger partial charge is 0.355 e. The van der Waals surface area contributed by atoms with Crippen LogP contribution in [0.3, 0.4) is 0 Å². The summed E-state index contributed by atoms with van der Waals surface area (Å²) in [6, 6.07) is 13.6. The van der Waals surface area contributed by atoms with Crippen LogP contribution in [0, 0.1) is 0 Å². The largest absolute Gasteiger partial charge is 0.507 e. The molecular weight excluding hydrogens is 300 g/mol. The maximum absolute atomic E-state index is 12.4. The third-order valence-electron chi connectivity index (χ3n) is 3.06. The van der Waals surface area contributed by atoms with Gasteiger partial charge in [0.1, 0.15) is 5.75 Å². The Hall–Kier alpha value is -3.15. The van der Waals surface area contributed by atoms with Gasteiger partial charge in [-0.2, -0.15) is 0 Å². The van der Waals surface area contributed by atoms with E-state index in [-0.39, 0.29) is 16.9 Å². The molecule has 0 amide bonds. The molecule has 1 unspecified atom stereocenters. The molecule has 2 aromatic carbocycles. The highest BCUT2D eigenvalue weighted by Gasteiger charge is 2.34. The summed E-state index contributed by atoms with van der Waals surface area (Å²) in [5.41, 5.74) is 0.0512. The van der Waals surface area contributed by atoms with Gasteiger partial charge in [0.05, 0.1) is 18.2 Å². The van der Waals surface area contributed by atoms with Crippen molar-refractivity contribution in [2.45, 2.75) is 6.10 Å². The standard InChI is InChI=1S/C17H14O6/c1-22-17(21)15(14(19)12-9-5-6-10-13(12)18)23-16(20)11-7-3-2-4-8-11/h2-10,15,18H,1H3. The number of methoxy groups -OCH3 is 1. The number of rotatable bonds is 5. The van der Waals surface area contributed by atoms with Gasteiger partial charge in [0.15, 0.2) is 0 Å². The van der Waals surface area contributed by atoms with Crippen molar-refractivity contribution >= 4 is 17.7 Å². The summed E-state index contributed by atoms with van der Waals surface area (Å²) in [7, 11) is 1.07.